The smallest absolute Gasteiger partial charge is 0.261 e. The van der Waals surface area contributed by atoms with E-state index in [0.29, 0.717) is 28.6 Å². The SMILES string of the molecule is O=C(CN1C(=O)/C(=C/c2ccccc2F)SC2CCCCC21)N1CCN(c2cccc(Cl)c2)CC1. The van der Waals surface area contributed by atoms with Crippen LogP contribution in [0, 0.1) is 5.82 Å². The Morgan fingerprint density at radius 2 is 1.83 bits per heavy atom. The summed E-state index contributed by atoms with van der Waals surface area (Å²) < 4.78 is 14.3. The normalized spacial score (nSPS) is 24.0. The first-order valence-corrected chi connectivity index (χ1v) is 13.5. The molecular weight excluding hydrogens is 485 g/mol. The molecule has 1 aliphatic carbocycles. The maximum atomic E-state index is 14.3. The predicted octanol–water partition coefficient (Wildman–Crippen LogP) is 5.06. The zero-order chi connectivity index (χ0) is 24.4. The topological polar surface area (TPSA) is 43.9 Å². The number of rotatable bonds is 4. The molecule has 0 bridgehead atoms. The van der Waals surface area contributed by atoms with Gasteiger partial charge < -0.3 is 14.7 Å². The summed E-state index contributed by atoms with van der Waals surface area (Å²) in [4.78, 5) is 33.2. The summed E-state index contributed by atoms with van der Waals surface area (Å²) >= 11 is 7.69. The average Bonchev–Trinajstić information content (AvgIpc) is 2.88. The molecule has 35 heavy (non-hydrogen) atoms. The van der Waals surface area contributed by atoms with E-state index >= 15 is 0 Å². The largest absolute Gasteiger partial charge is 0.368 e. The van der Waals surface area contributed by atoms with Crippen LogP contribution in [0.2, 0.25) is 5.02 Å². The molecule has 5 rings (SSSR count). The Kier molecular flexibility index (Phi) is 7.35. The van der Waals surface area contributed by atoms with Crippen LogP contribution in [-0.2, 0) is 9.59 Å². The van der Waals surface area contributed by atoms with Crippen molar-refractivity contribution >= 4 is 46.9 Å². The second-order valence-electron chi connectivity index (χ2n) is 9.32. The maximum Gasteiger partial charge on any atom is 0.261 e. The molecule has 2 aromatic rings. The first kappa shape index (κ1) is 24.2. The van der Waals surface area contributed by atoms with Gasteiger partial charge in [0.25, 0.3) is 5.91 Å². The number of carbonyl (C=O) groups is 2. The van der Waals surface area contributed by atoms with E-state index in [0.717, 1.165) is 44.5 Å². The van der Waals surface area contributed by atoms with E-state index < -0.39 is 0 Å². The van der Waals surface area contributed by atoms with Gasteiger partial charge >= 0.3 is 0 Å². The monoisotopic (exact) mass is 513 g/mol. The van der Waals surface area contributed by atoms with Crippen LogP contribution in [0.15, 0.2) is 53.4 Å². The minimum atomic E-state index is -0.348. The third kappa shape index (κ3) is 5.36. The molecule has 0 radical (unpaired) electrons. The molecule has 2 saturated heterocycles. The molecule has 2 aromatic carbocycles. The van der Waals surface area contributed by atoms with Gasteiger partial charge in [0.15, 0.2) is 0 Å². The van der Waals surface area contributed by atoms with E-state index in [-0.39, 0.29) is 35.5 Å². The summed E-state index contributed by atoms with van der Waals surface area (Å²) in [6.45, 7) is 2.73. The van der Waals surface area contributed by atoms with Crippen LogP contribution in [-0.4, -0.2) is 65.6 Å². The van der Waals surface area contributed by atoms with Crippen molar-refractivity contribution in [2.45, 2.75) is 37.0 Å². The number of anilines is 1. The molecule has 2 aliphatic heterocycles. The fourth-order valence-electron chi connectivity index (χ4n) is 5.23. The highest BCUT2D eigenvalue weighted by molar-refractivity contribution is 8.04. The Hall–Kier alpha value is -2.51. The van der Waals surface area contributed by atoms with E-state index in [1.54, 1.807) is 40.9 Å². The molecule has 0 N–H and O–H groups in total. The zero-order valence-corrected chi connectivity index (χ0v) is 21.1. The van der Waals surface area contributed by atoms with E-state index in [9.17, 15) is 14.0 Å². The summed E-state index contributed by atoms with van der Waals surface area (Å²) in [7, 11) is 0. The lowest BCUT2D eigenvalue weighted by molar-refractivity contribution is -0.140. The van der Waals surface area contributed by atoms with Crippen molar-refractivity contribution in [1.82, 2.24) is 9.80 Å². The van der Waals surface area contributed by atoms with Crippen molar-refractivity contribution in [3.63, 3.8) is 0 Å². The molecule has 2 unspecified atom stereocenters. The molecule has 5 nitrogen and oxygen atoms in total. The van der Waals surface area contributed by atoms with Crippen LogP contribution >= 0.6 is 23.4 Å². The van der Waals surface area contributed by atoms with Crippen LogP contribution in [0.4, 0.5) is 10.1 Å². The number of benzene rings is 2. The number of piperazine rings is 1. The van der Waals surface area contributed by atoms with Gasteiger partial charge in [0, 0.05) is 53.7 Å². The lowest BCUT2D eigenvalue weighted by atomic mass is 9.93. The van der Waals surface area contributed by atoms with E-state index in [4.69, 9.17) is 11.6 Å². The second-order valence-corrected chi connectivity index (χ2v) is 11.0. The number of fused-ring (bicyclic) bond motifs is 1. The minimum Gasteiger partial charge on any atom is -0.368 e. The van der Waals surface area contributed by atoms with Gasteiger partial charge in [-0.25, -0.2) is 4.39 Å². The number of hydrogen-bond donors (Lipinski definition) is 0. The van der Waals surface area contributed by atoms with Crippen molar-refractivity contribution < 1.29 is 14.0 Å². The molecule has 0 spiro atoms. The average molecular weight is 514 g/mol. The second kappa shape index (κ2) is 10.6. The van der Waals surface area contributed by atoms with Crippen LogP contribution in [0.25, 0.3) is 6.08 Å². The van der Waals surface area contributed by atoms with Crippen molar-refractivity contribution in [3.8, 4) is 0 Å². The Morgan fingerprint density at radius 3 is 2.60 bits per heavy atom. The quantitative estimate of drug-likeness (QED) is 0.536. The molecule has 2 amide bonds. The summed E-state index contributed by atoms with van der Waals surface area (Å²) in [5.74, 6) is -0.530. The molecular formula is C27H29ClFN3O2S. The third-order valence-electron chi connectivity index (χ3n) is 7.12. The van der Waals surface area contributed by atoms with Gasteiger partial charge in [0.2, 0.25) is 5.91 Å². The van der Waals surface area contributed by atoms with E-state index in [1.807, 2.05) is 29.2 Å². The van der Waals surface area contributed by atoms with Crippen LogP contribution in [0.5, 0.6) is 0 Å². The molecule has 2 atom stereocenters. The Balaban J connectivity index is 1.29. The van der Waals surface area contributed by atoms with E-state index in [2.05, 4.69) is 4.90 Å². The first-order valence-electron chi connectivity index (χ1n) is 12.2. The molecule has 0 aromatic heterocycles. The maximum absolute atomic E-state index is 14.3. The molecule has 3 aliphatic rings. The lowest BCUT2D eigenvalue weighted by Gasteiger charge is -2.45. The third-order valence-corrected chi connectivity index (χ3v) is 8.76. The number of hydrogen-bond acceptors (Lipinski definition) is 4. The van der Waals surface area contributed by atoms with Gasteiger partial charge in [-0.3, -0.25) is 9.59 Å². The molecule has 2 heterocycles. The number of carbonyl (C=O) groups excluding carboxylic acids is 2. The Bertz CT molecular complexity index is 1130. The summed E-state index contributed by atoms with van der Waals surface area (Å²) in [5, 5.41) is 0.940. The van der Waals surface area contributed by atoms with Gasteiger partial charge in [-0.15, -0.1) is 11.8 Å². The fraction of sp³-hybridized carbons (Fsp3) is 0.407. The van der Waals surface area contributed by atoms with Crippen molar-refractivity contribution in [2.75, 3.05) is 37.6 Å². The Morgan fingerprint density at radius 1 is 1.06 bits per heavy atom. The lowest BCUT2D eigenvalue weighted by Crippen LogP contribution is -2.57. The van der Waals surface area contributed by atoms with Crippen LogP contribution in [0.1, 0.15) is 31.2 Å². The highest BCUT2D eigenvalue weighted by Gasteiger charge is 2.41. The summed E-state index contributed by atoms with van der Waals surface area (Å²) in [5.41, 5.74) is 1.46. The van der Waals surface area contributed by atoms with Gasteiger partial charge in [-0.05, 0) is 43.2 Å². The minimum absolute atomic E-state index is 0.0226. The van der Waals surface area contributed by atoms with Crippen molar-refractivity contribution in [1.29, 1.82) is 0 Å². The molecule has 1 saturated carbocycles. The van der Waals surface area contributed by atoms with E-state index in [1.165, 1.54) is 6.07 Å². The van der Waals surface area contributed by atoms with Crippen molar-refractivity contribution in [3.05, 3.63) is 69.8 Å². The molecule has 3 fully saturated rings. The highest BCUT2D eigenvalue weighted by atomic mass is 35.5. The van der Waals surface area contributed by atoms with Gasteiger partial charge in [0.1, 0.15) is 12.4 Å². The van der Waals surface area contributed by atoms with Gasteiger partial charge in [-0.2, -0.15) is 0 Å². The summed E-state index contributed by atoms with van der Waals surface area (Å²) in [6.07, 6.45) is 5.73. The molecule has 8 heteroatoms. The van der Waals surface area contributed by atoms with Crippen LogP contribution in [0.3, 0.4) is 0 Å². The Labute approximate surface area is 214 Å². The fourth-order valence-corrected chi connectivity index (χ4v) is 6.88. The predicted molar refractivity (Wildman–Crippen MR) is 140 cm³/mol. The standard InChI is InChI=1S/C27H29ClFN3O2S/c28-20-7-5-8-21(17-20)30-12-14-31(15-13-30)26(33)18-32-23-10-3-4-11-24(23)35-25(27(32)34)16-19-6-1-2-9-22(19)29/h1-2,5-9,16-17,23-24H,3-4,10-15,18H2/b25-16-. The molecule has 184 valence electrons. The van der Waals surface area contributed by atoms with Crippen molar-refractivity contribution in [2.24, 2.45) is 0 Å². The van der Waals surface area contributed by atoms with Gasteiger partial charge in [-0.1, -0.05) is 48.7 Å². The van der Waals surface area contributed by atoms with Crippen LogP contribution < -0.4 is 4.90 Å². The number of nitrogens with zero attached hydrogens (tertiary/aromatic N) is 3. The zero-order valence-electron chi connectivity index (χ0n) is 19.5. The summed E-state index contributed by atoms with van der Waals surface area (Å²) in [6, 6.07) is 14.3. The first-order chi connectivity index (χ1) is 17.0. The van der Waals surface area contributed by atoms with Gasteiger partial charge in [0.05, 0.1) is 4.91 Å². The highest BCUT2D eigenvalue weighted by Crippen LogP contribution is 2.42. The number of halogens is 2. The number of amides is 2. The number of thioether (sulfide) groups is 1.